The fourth-order valence-electron chi connectivity index (χ4n) is 3.76. The van der Waals surface area contributed by atoms with Gasteiger partial charge in [-0.25, -0.2) is 0 Å². The van der Waals surface area contributed by atoms with Gasteiger partial charge in [-0.05, 0) is 49.7 Å². The maximum Gasteiger partial charge on any atom is 0.0716 e. The van der Waals surface area contributed by atoms with E-state index in [1.165, 1.54) is 36.8 Å². The van der Waals surface area contributed by atoms with E-state index in [1.807, 2.05) is 18.2 Å². The lowest BCUT2D eigenvalue weighted by atomic mass is 10.0. The summed E-state index contributed by atoms with van der Waals surface area (Å²) in [4.78, 5) is 0. The highest BCUT2D eigenvalue weighted by Crippen LogP contribution is 2.14. The minimum atomic E-state index is -0.123. The number of unbranched alkanes of at least 4 members (excludes halogenated alkanes) is 6. The van der Waals surface area contributed by atoms with Crippen LogP contribution in [0.4, 0.5) is 0 Å². The molecule has 0 bridgehead atoms. The summed E-state index contributed by atoms with van der Waals surface area (Å²) in [7, 11) is 0. The number of hydrogen-bond donors (Lipinski definition) is 1. The molecule has 0 fully saturated rings. The number of benzene rings is 1. The number of aliphatic hydroxyl groups excluding tert-OH is 1. The van der Waals surface area contributed by atoms with Crippen LogP contribution in [0.1, 0.15) is 82.6 Å². The van der Waals surface area contributed by atoms with Crippen LogP contribution in [-0.2, 0) is 16.1 Å². The van der Waals surface area contributed by atoms with Crippen molar-refractivity contribution in [2.75, 3.05) is 19.8 Å². The molecule has 1 aliphatic rings. The Bertz CT molecular complexity index is 579. The molecule has 1 aromatic rings. The first-order chi connectivity index (χ1) is 14.8. The molecule has 0 amide bonds. The fourth-order valence-corrected chi connectivity index (χ4v) is 3.76. The molecule has 1 aliphatic carbocycles. The second-order valence-electron chi connectivity index (χ2n) is 8.44. The van der Waals surface area contributed by atoms with E-state index in [2.05, 4.69) is 30.4 Å². The molecule has 0 radical (unpaired) electrons. The van der Waals surface area contributed by atoms with Crippen molar-refractivity contribution in [3.8, 4) is 0 Å². The Morgan fingerprint density at radius 2 is 1.40 bits per heavy atom. The van der Waals surface area contributed by atoms with Crippen molar-refractivity contribution >= 4 is 0 Å². The van der Waals surface area contributed by atoms with Crippen LogP contribution in [0.15, 0.2) is 54.1 Å². The van der Waals surface area contributed by atoms with Crippen molar-refractivity contribution in [1.29, 1.82) is 0 Å². The van der Waals surface area contributed by atoms with E-state index in [0.717, 1.165) is 71.2 Å². The van der Waals surface area contributed by atoms with Crippen molar-refractivity contribution in [3.05, 3.63) is 59.7 Å². The lowest BCUT2D eigenvalue weighted by molar-refractivity contribution is 0.115. The average molecular weight is 415 g/mol. The summed E-state index contributed by atoms with van der Waals surface area (Å²) < 4.78 is 11.5. The zero-order chi connectivity index (χ0) is 21.1. The monoisotopic (exact) mass is 414 g/mol. The summed E-state index contributed by atoms with van der Waals surface area (Å²) in [6.45, 7) is 3.19. The number of aliphatic hydroxyl groups is 1. The first-order valence-corrected chi connectivity index (χ1v) is 12.1. The molecule has 3 nitrogen and oxygen atoms in total. The predicted molar refractivity (Wildman–Crippen MR) is 126 cm³/mol. The van der Waals surface area contributed by atoms with Gasteiger partial charge in [-0.2, -0.15) is 0 Å². The predicted octanol–water partition coefficient (Wildman–Crippen LogP) is 6.76. The highest BCUT2D eigenvalue weighted by atomic mass is 16.5. The first kappa shape index (κ1) is 24.8. The largest absolute Gasteiger partial charge is 0.393 e. The molecule has 2 rings (SSSR count). The molecule has 0 heterocycles. The highest BCUT2D eigenvalue weighted by Gasteiger charge is 2.04. The lowest BCUT2D eigenvalue weighted by Gasteiger charge is -2.11. The van der Waals surface area contributed by atoms with Crippen LogP contribution >= 0.6 is 0 Å². The van der Waals surface area contributed by atoms with E-state index >= 15 is 0 Å². The molecular formula is C27H42O3. The van der Waals surface area contributed by atoms with E-state index in [1.54, 1.807) is 0 Å². The minimum Gasteiger partial charge on any atom is -0.393 e. The van der Waals surface area contributed by atoms with Gasteiger partial charge in [-0.1, -0.05) is 87.1 Å². The van der Waals surface area contributed by atoms with Crippen LogP contribution in [0.3, 0.4) is 0 Å². The molecule has 0 aliphatic heterocycles. The zero-order valence-electron chi connectivity index (χ0n) is 18.8. The van der Waals surface area contributed by atoms with Gasteiger partial charge in [0.25, 0.3) is 0 Å². The molecule has 0 aromatic heterocycles. The SMILES string of the molecule is OC(CCCCCCOCC1=CC=CCC1)CCCCCCOCc1ccccc1. The summed E-state index contributed by atoms with van der Waals surface area (Å²) in [5.74, 6) is 0. The third kappa shape index (κ3) is 13.0. The van der Waals surface area contributed by atoms with Gasteiger partial charge in [0.2, 0.25) is 0 Å². The summed E-state index contributed by atoms with van der Waals surface area (Å²) >= 11 is 0. The third-order valence-electron chi connectivity index (χ3n) is 5.65. The molecule has 1 N–H and O–H groups in total. The second-order valence-corrected chi connectivity index (χ2v) is 8.44. The summed E-state index contributed by atoms with van der Waals surface area (Å²) in [6, 6.07) is 10.3. The molecule has 1 unspecified atom stereocenters. The van der Waals surface area contributed by atoms with E-state index in [-0.39, 0.29) is 6.10 Å². The van der Waals surface area contributed by atoms with E-state index in [9.17, 15) is 5.11 Å². The summed E-state index contributed by atoms with van der Waals surface area (Å²) in [6.07, 6.45) is 19.9. The van der Waals surface area contributed by atoms with Gasteiger partial charge < -0.3 is 14.6 Å². The third-order valence-corrected chi connectivity index (χ3v) is 5.65. The van der Waals surface area contributed by atoms with Crippen molar-refractivity contribution < 1.29 is 14.6 Å². The van der Waals surface area contributed by atoms with E-state index < -0.39 is 0 Å². The Labute approximate surface area is 184 Å². The molecule has 30 heavy (non-hydrogen) atoms. The maximum atomic E-state index is 10.1. The molecular weight excluding hydrogens is 372 g/mol. The molecule has 1 atom stereocenters. The summed E-state index contributed by atoms with van der Waals surface area (Å²) in [5, 5.41) is 10.1. The summed E-state index contributed by atoms with van der Waals surface area (Å²) in [5.41, 5.74) is 2.66. The van der Waals surface area contributed by atoms with Crippen molar-refractivity contribution in [1.82, 2.24) is 0 Å². The van der Waals surface area contributed by atoms with Crippen LogP contribution < -0.4 is 0 Å². The highest BCUT2D eigenvalue weighted by molar-refractivity contribution is 5.17. The molecule has 0 saturated heterocycles. The van der Waals surface area contributed by atoms with Gasteiger partial charge in [0.15, 0.2) is 0 Å². The molecule has 1 aromatic carbocycles. The van der Waals surface area contributed by atoms with Crippen LogP contribution in [0.2, 0.25) is 0 Å². The number of allylic oxidation sites excluding steroid dienone is 3. The van der Waals surface area contributed by atoms with Crippen LogP contribution in [0.5, 0.6) is 0 Å². The normalized spacial score (nSPS) is 14.6. The van der Waals surface area contributed by atoms with Gasteiger partial charge in [0.05, 0.1) is 19.3 Å². The van der Waals surface area contributed by atoms with Crippen LogP contribution in [0, 0.1) is 0 Å². The topological polar surface area (TPSA) is 38.7 Å². The molecule has 0 saturated carbocycles. The maximum absolute atomic E-state index is 10.1. The Balaban J connectivity index is 1.29. The van der Waals surface area contributed by atoms with Crippen molar-refractivity contribution in [2.24, 2.45) is 0 Å². The molecule has 3 heteroatoms. The Hall–Kier alpha value is -1.42. The average Bonchev–Trinajstić information content (AvgIpc) is 2.79. The van der Waals surface area contributed by atoms with Crippen molar-refractivity contribution in [2.45, 2.75) is 89.8 Å². The first-order valence-electron chi connectivity index (χ1n) is 12.1. The molecule has 168 valence electrons. The standard InChI is InChI=1S/C27H42O3/c28-27(19-11-1-3-13-21-29-23-25-15-7-5-8-16-25)20-12-2-4-14-22-30-24-26-17-9-6-10-18-26/h5-9,15-17,27-28H,1-4,10-14,18-24H2. The smallest absolute Gasteiger partial charge is 0.0716 e. The fraction of sp³-hybridized carbons (Fsp3) is 0.630. The number of hydrogen-bond acceptors (Lipinski definition) is 3. The Kier molecular flexibility index (Phi) is 14.3. The van der Waals surface area contributed by atoms with Gasteiger partial charge in [-0.3, -0.25) is 0 Å². The number of ether oxygens (including phenoxy) is 2. The quantitative estimate of drug-likeness (QED) is 0.270. The van der Waals surface area contributed by atoms with E-state index in [0.29, 0.717) is 6.61 Å². The van der Waals surface area contributed by atoms with Gasteiger partial charge >= 0.3 is 0 Å². The molecule has 0 spiro atoms. The zero-order valence-corrected chi connectivity index (χ0v) is 18.8. The van der Waals surface area contributed by atoms with Crippen LogP contribution in [0.25, 0.3) is 0 Å². The Morgan fingerprint density at radius 1 is 0.767 bits per heavy atom. The lowest BCUT2D eigenvalue weighted by Crippen LogP contribution is -2.06. The van der Waals surface area contributed by atoms with Gasteiger partial charge in [0, 0.05) is 13.2 Å². The van der Waals surface area contributed by atoms with Crippen molar-refractivity contribution in [3.63, 3.8) is 0 Å². The second kappa shape index (κ2) is 17.3. The van der Waals surface area contributed by atoms with Gasteiger partial charge in [0.1, 0.15) is 0 Å². The van der Waals surface area contributed by atoms with Gasteiger partial charge in [-0.15, -0.1) is 0 Å². The van der Waals surface area contributed by atoms with Crippen LogP contribution in [-0.4, -0.2) is 31.0 Å². The Morgan fingerprint density at radius 3 is 2.03 bits per heavy atom. The number of rotatable bonds is 18. The minimum absolute atomic E-state index is 0.123. The van der Waals surface area contributed by atoms with E-state index in [4.69, 9.17) is 9.47 Å².